The Bertz CT molecular complexity index is 726. The Morgan fingerprint density at radius 1 is 1.00 bits per heavy atom. The van der Waals surface area contributed by atoms with Gasteiger partial charge in [-0.15, -0.1) is 0 Å². The van der Waals surface area contributed by atoms with E-state index in [2.05, 4.69) is 17.6 Å². The minimum Gasteiger partial charge on any atom is -0.346 e. The normalized spacial score (nSPS) is 11.6. The molecule has 0 unspecified atom stereocenters. The van der Waals surface area contributed by atoms with E-state index in [-0.39, 0.29) is 24.3 Å². The Kier molecular flexibility index (Phi) is 6.75. The van der Waals surface area contributed by atoms with Crippen molar-refractivity contribution in [1.82, 2.24) is 5.32 Å². The summed E-state index contributed by atoms with van der Waals surface area (Å²) in [6.07, 6.45) is 1.66. The first-order valence-electron chi connectivity index (χ1n) is 8.71. The molecule has 2 aromatic carbocycles. The fourth-order valence-electron chi connectivity index (χ4n) is 2.79. The lowest BCUT2D eigenvalue weighted by Gasteiger charge is -2.17. The number of hydrogen-bond donors (Lipinski definition) is 2. The van der Waals surface area contributed by atoms with Crippen LogP contribution in [-0.4, -0.2) is 18.4 Å². The molecule has 1 atom stereocenters. The molecule has 2 rings (SSSR count). The summed E-state index contributed by atoms with van der Waals surface area (Å²) < 4.78 is 0. The summed E-state index contributed by atoms with van der Waals surface area (Å²) in [4.78, 5) is 24.7. The second-order valence-corrected chi connectivity index (χ2v) is 6.27. The Hall–Kier alpha value is -2.62. The smallest absolute Gasteiger partial charge is 0.243 e. The van der Waals surface area contributed by atoms with Gasteiger partial charge in [0.05, 0.1) is 12.5 Å². The standard InChI is InChI=1S/C21H26N2O2/c1-4-9-18(17-11-6-5-7-12-17)21(25)22-14-20(24)23-19-13-8-10-15(2)16(19)3/h5-8,10-13,18H,4,9,14H2,1-3H3,(H,22,25)(H,23,24)/t18-/m1/s1. The molecule has 25 heavy (non-hydrogen) atoms. The van der Waals surface area contributed by atoms with Crippen LogP contribution in [0, 0.1) is 13.8 Å². The molecule has 4 nitrogen and oxygen atoms in total. The number of anilines is 1. The lowest BCUT2D eigenvalue weighted by atomic mass is 9.94. The van der Waals surface area contributed by atoms with E-state index in [9.17, 15) is 9.59 Å². The third-order valence-corrected chi connectivity index (χ3v) is 4.40. The average molecular weight is 338 g/mol. The largest absolute Gasteiger partial charge is 0.346 e. The molecular weight excluding hydrogens is 312 g/mol. The molecule has 0 aliphatic rings. The van der Waals surface area contributed by atoms with Crippen LogP contribution in [0.15, 0.2) is 48.5 Å². The van der Waals surface area contributed by atoms with E-state index in [1.165, 1.54) is 0 Å². The third kappa shape index (κ3) is 5.18. The van der Waals surface area contributed by atoms with Crippen LogP contribution in [-0.2, 0) is 9.59 Å². The zero-order chi connectivity index (χ0) is 18.2. The summed E-state index contributed by atoms with van der Waals surface area (Å²) in [6, 6.07) is 15.5. The molecule has 132 valence electrons. The summed E-state index contributed by atoms with van der Waals surface area (Å²) >= 11 is 0. The maximum absolute atomic E-state index is 12.5. The molecule has 2 N–H and O–H groups in total. The molecule has 0 aliphatic heterocycles. The van der Waals surface area contributed by atoms with Gasteiger partial charge in [0.25, 0.3) is 0 Å². The number of benzene rings is 2. The summed E-state index contributed by atoms with van der Waals surface area (Å²) in [5.74, 6) is -0.547. The average Bonchev–Trinajstić information content (AvgIpc) is 2.62. The van der Waals surface area contributed by atoms with Crippen molar-refractivity contribution in [3.8, 4) is 0 Å². The number of amides is 2. The third-order valence-electron chi connectivity index (χ3n) is 4.40. The van der Waals surface area contributed by atoms with Gasteiger partial charge < -0.3 is 10.6 Å². The zero-order valence-corrected chi connectivity index (χ0v) is 15.1. The first-order chi connectivity index (χ1) is 12.0. The predicted molar refractivity (Wildman–Crippen MR) is 102 cm³/mol. The van der Waals surface area contributed by atoms with Crippen molar-refractivity contribution >= 4 is 17.5 Å². The fraction of sp³-hybridized carbons (Fsp3) is 0.333. The van der Waals surface area contributed by atoms with E-state index in [1.54, 1.807) is 0 Å². The van der Waals surface area contributed by atoms with Gasteiger partial charge in [0.15, 0.2) is 0 Å². The minimum atomic E-state index is -0.222. The summed E-state index contributed by atoms with van der Waals surface area (Å²) in [5.41, 5.74) is 3.92. The van der Waals surface area contributed by atoms with Crippen LogP contribution >= 0.6 is 0 Å². The van der Waals surface area contributed by atoms with Crippen LogP contribution in [0.4, 0.5) is 5.69 Å². The van der Waals surface area contributed by atoms with Gasteiger partial charge >= 0.3 is 0 Å². The van der Waals surface area contributed by atoms with Crippen LogP contribution in [0.25, 0.3) is 0 Å². The lowest BCUT2D eigenvalue weighted by molar-refractivity contribution is -0.125. The number of nitrogens with one attached hydrogen (secondary N) is 2. The van der Waals surface area contributed by atoms with Crippen LogP contribution in [0.2, 0.25) is 0 Å². The Balaban J connectivity index is 1.95. The van der Waals surface area contributed by atoms with Crippen LogP contribution in [0.1, 0.15) is 42.4 Å². The van der Waals surface area contributed by atoms with Crippen molar-refractivity contribution in [1.29, 1.82) is 0 Å². The highest BCUT2D eigenvalue weighted by atomic mass is 16.2. The van der Waals surface area contributed by atoms with Crippen molar-refractivity contribution in [3.05, 3.63) is 65.2 Å². The Labute approximate surface area is 149 Å². The van der Waals surface area contributed by atoms with Crippen LogP contribution in [0.5, 0.6) is 0 Å². The van der Waals surface area contributed by atoms with E-state index in [1.807, 2.05) is 62.4 Å². The van der Waals surface area contributed by atoms with E-state index in [0.29, 0.717) is 0 Å². The molecule has 0 spiro atoms. The Morgan fingerprint density at radius 2 is 1.72 bits per heavy atom. The van der Waals surface area contributed by atoms with Gasteiger partial charge in [-0.3, -0.25) is 9.59 Å². The number of aryl methyl sites for hydroxylation is 1. The monoisotopic (exact) mass is 338 g/mol. The first kappa shape index (κ1) is 18.7. The van der Waals surface area contributed by atoms with Crippen molar-refractivity contribution in [2.24, 2.45) is 0 Å². The molecular formula is C21H26N2O2. The van der Waals surface area contributed by atoms with E-state index >= 15 is 0 Å². The van der Waals surface area contributed by atoms with Crippen molar-refractivity contribution in [2.45, 2.75) is 39.5 Å². The highest BCUT2D eigenvalue weighted by molar-refractivity contribution is 5.96. The molecule has 0 radical (unpaired) electrons. The van der Waals surface area contributed by atoms with Crippen molar-refractivity contribution < 1.29 is 9.59 Å². The van der Waals surface area contributed by atoms with Gasteiger partial charge in [0, 0.05) is 5.69 Å². The first-order valence-corrected chi connectivity index (χ1v) is 8.71. The van der Waals surface area contributed by atoms with Crippen molar-refractivity contribution in [3.63, 3.8) is 0 Å². The molecule has 0 aliphatic carbocycles. The topological polar surface area (TPSA) is 58.2 Å². The molecule has 0 bridgehead atoms. The molecule has 0 saturated carbocycles. The van der Waals surface area contributed by atoms with Gasteiger partial charge in [0.2, 0.25) is 11.8 Å². The maximum atomic E-state index is 12.5. The summed E-state index contributed by atoms with van der Waals surface area (Å²) in [7, 11) is 0. The molecule has 0 heterocycles. The van der Waals surface area contributed by atoms with E-state index in [0.717, 1.165) is 35.2 Å². The van der Waals surface area contributed by atoms with E-state index in [4.69, 9.17) is 0 Å². The summed E-state index contributed by atoms with van der Waals surface area (Å²) in [5, 5.41) is 5.63. The van der Waals surface area contributed by atoms with E-state index < -0.39 is 0 Å². The fourth-order valence-corrected chi connectivity index (χ4v) is 2.79. The number of carbonyl (C=O) groups is 2. The van der Waals surface area contributed by atoms with Gasteiger partial charge in [-0.1, -0.05) is 55.8 Å². The van der Waals surface area contributed by atoms with Gasteiger partial charge in [-0.25, -0.2) is 0 Å². The van der Waals surface area contributed by atoms with Crippen LogP contribution in [0.3, 0.4) is 0 Å². The highest BCUT2D eigenvalue weighted by Crippen LogP contribution is 2.21. The molecule has 4 heteroatoms. The summed E-state index contributed by atoms with van der Waals surface area (Å²) in [6.45, 7) is 5.99. The zero-order valence-electron chi connectivity index (χ0n) is 15.1. The second kappa shape index (κ2) is 9.02. The highest BCUT2D eigenvalue weighted by Gasteiger charge is 2.20. The number of rotatable bonds is 7. The number of carbonyl (C=O) groups excluding carboxylic acids is 2. The molecule has 0 fully saturated rings. The minimum absolute atomic E-state index is 0.0285. The van der Waals surface area contributed by atoms with Gasteiger partial charge in [0.1, 0.15) is 0 Å². The molecule has 0 saturated heterocycles. The Morgan fingerprint density at radius 3 is 2.40 bits per heavy atom. The maximum Gasteiger partial charge on any atom is 0.243 e. The number of hydrogen-bond acceptors (Lipinski definition) is 2. The van der Waals surface area contributed by atoms with Gasteiger partial charge in [-0.2, -0.15) is 0 Å². The quantitative estimate of drug-likeness (QED) is 0.803. The van der Waals surface area contributed by atoms with Crippen LogP contribution < -0.4 is 10.6 Å². The van der Waals surface area contributed by atoms with Crippen molar-refractivity contribution in [2.75, 3.05) is 11.9 Å². The molecule has 0 aromatic heterocycles. The molecule has 2 aromatic rings. The predicted octanol–water partition coefficient (Wildman–Crippen LogP) is 3.94. The SMILES string of the molecule is CCC[C@@H](C(=O)NCC(=O)Nc1cccc(C)c1C)c1ccccc1. The molecule has 2 amide bonds. The van der Waals surface area contributed by atoms with Gasteiger partial charge in [-0.05, 0) is 43.0 Å². The lowest BCUT2D eigenvalue weighted by Crippen LogP contribution is -2.36. The second-order valence-electron chi connectivity index (χ2n) is 6.27.